The summed E-state index contributed by atoms with van der Waals surface area (Å²) in [7, 11) is 3.23. The molecule has 0 aliphatic rings. The van der Waals surface area contributed by atoms with Crippen molar-refractivity contribution < 1.29 is 19.1 Å². The van der Waals surface area contributed by atoms with Gasteiger partial charge in [0.1, 0.15) is 5.60 Å². The third-order valence-corrected chi connectivity index (χ3v) is 2.80. The first-order chi connectivity index (χ1) is 8.69. The van der Waals surface area contributed by atoms with E-state index in [-0.39, 0.29) is 24.5 Å². The number of carbonyl (C=O) groups is 2. The molecule has 0 heterocycles. The van der Waals surface area contributed by atoms with Gasteiger partial charge in [0.25, 0.3) is 0 Å². The van der Waals surface area contributed by atoms with E-state index in [4.69, 9.17) is 4.74 Å². The van der Waals surface area contributed by atoms with Crippen LogP contribution in [0.5, 0.6) is 0 Å². The van der Waals surface area contributed by atoms with Crippen molar-refractivity contribution >= 4 is 11.9 Å². The molecule has 0 aliphatic carbocycles. The summed E-state index contributed by atoms with van der Waals surface area (Å²) in [5.74, 6) is -0.462. The summed E-state index contributed by atoms with van der Waals surface area (Å²) < 4.78 is 9.90. The maximum atomic E-state index is 11.6. The summed E-state index contributed by atoms with van der Waals surface area (Å²) in [6.07, 6.45) is 1.91. The molecule has 0 spiro atoms. The largest absolute Gasteiger partial charge is 0.468 e. The topological polar surface area (TPSA) is 55.8 Å². The van der Waals surface area contributed by atoms with Gasteiger partial charge in [-0.2, -0.15) is 0 Å². The normalized spacial score (nSPS) is 13.2. The van der Waals surface area contributed by atoms with E-state index in [9.17, 15) is 9.59 Å². The molecule has 0 unspecified atom stereocenters. The fourth-order valence-electron chi connectivity index (χ4n) is 1.81. The van der Waals surface area contributed by atoms with Crippen molar-refractivity contribution in [3.8, 4) is 0 Å². The van der Waals surface area contributed by atoms with Gasteiger partial charge < -0.3 is 9.47 Å². The molecule has 0 aliphatic heterocycles. The second-order valence-electron chi connectivity index (χ2n) is 5.68. The predicted octanol–water partition coefficient (Wildman–Crippen LogP) is 1.99. The molecule has 5 nitrogen and oxygen atoms in total. The van der Waals surface area contributed by atoms with Crippen LogP contribution in [0.2, 0.25) is 0 Å². The Kier molecular flexibility index (Phi) is 7.68. The molecule has 19 heavy (non-hydrogen) atoms. The summed E-state index contributed by atoms with van der Waals surface area (Å²) in [4.78, 5) is 24.8. The fourth-order valence-corrected chi connectivity index (χ4v) is 1.81. The second kappa shape index (κ2) is 8.15. The predicted molar refractivity (Wildman–Crippen MR) is 73.8 cm³/mol. The zero-order chi connectivity index (χ0) is 15.1. The molecular formula is C14H27NO4. The summed E-state index contributed by atoms with van der Waals surface area (Å²) in [5, 5.41) is 0. The van der Waals surface area contributed by atoms with Crippen LogP contribution in [0, 0.1) is 0 Å². The van der Waals surface area contributed by atoms with Gasteiger partial charge in [-0.25, -0.2) is 0 Å². The van der Waals surface area contributed by atoms with Gasteiger partial charge in [-0.05, 0) is 40.7 Å². The molecular weight excluding hydrogens is 246 g/mol. The van der Waals surface area contributed by atoms with E-state index in [1.807, 2.05) is 39.6 Å². The van der Waals surface area contributed by atoms with Crippen LogP contribution >= 0.6 is 0 Å². The lowest BCUT2D eigenvalue weighted by Crippen LogP contribution is -2.36. The van der Waals surface area contributed by atoms with E-state index in [1.165, 1.54) is 7.11 Å². The number of esters is 2. The highest BCUT2D eigenvalue weighted by Gasteiger charge is 2.20. The van der Waals surface area contributed by atoms with Crippen LogP contribution in [0.15, 0.2) is 0 Å². The number of nitrogens with zero attached hydrogens (tertiary/aromatic N) is 1. The Morgan fingerprint density at radius 1 is 1.21 bits per heavy atom. The van der Waals surface area contributed by atoms with Crippen LogP contribution in [-0.4, -0.2) is 49.2 Å². The zero-order valence-electron chi connectivity index (χ0n) is 13.0. The van der Waals surface area contributed by atoms with Gasteiger partial charge >= 0.3 is 11.9 Å². The molecule has 112 valence electrons. The van der Waals surface area contributed by atoms with Crippen molar-refractivity contribution in [2.45, 2.75) is 58.6 Å². The number of hydrogen-bond acceptors (Lipinski definition) is 5. The van der Waals surface area contributed by atoms with E-state index >= 15 is 0 Å². The number of rotatable bonds is 7. The van der Waals surface area contributed by atoms with Gasteiger partial charge in [0.2, 0.25) is 0 Å². The summed E-state index contributed by atoms with van der Waals surface area (Å²) >= 11 is 0. The first-order valence-corrected chi connectivity index (χ1v) is 6.68. The number of likely N-dealkylation sites (N-methyl/N-ethyl adjacent to an activating group) is 1. The van der Waals surface area contributed by atoms with Crippen LogP contribution in [0.25, 0.3) is 0 Å². The van der Waals surface area contributed by atoms with Gasteiger partial charge in [-0.15, -0.1) is 0 Å². The number of ether oxygens (including phenoxy) is 2. The molecule has 0 aromatic rings. The lowest BCUT2D eigenvalue weighted by atomic mass is 10.1. The van der Waals surface area contributed by atoms with Crippen LogP contribution in [0.4, 0.5) is 0 Å². The highest BCUT2D eigenvalue weighted by Crippen LogP contribution is 2.13. The minimum atomic E-state index is -0.448. The smallest absolute Gasteiger partial charge is 0.319 e. The van der Waals surface area contributed by atoms with Gasteiger partial charge in [-0.1, -0.05) is 6.92 Å². The molecule has 0 rings (SSSR count). The quantitative estimate of drug-likeness (QED) is 0.664. The highest BCUT2D eigenvalue weighted by molar-refractivity contribution is 5.71. The molecule has 0 amide bonds. The van der Waals surface area contributed by atoms with Crippen LogP contribution in [-0.2, 0) is 19.1 Å². The molecule has 0 N–H and O–H groups in total. The van der Waals surface area contributed by atoms with Crippen molar-refractivity contribution in [1.82, 2.24) is 4.90 Å². The van der Waals surface area contributed by atoms with E-state index < -0.39 is 5.60 Å². The molecule has 0 saturated heterocycles. The van der Waals surface area contributed by atoms with Gasteiger partial charge in [-0.3, -0.25) is 14.5 Å². The minimum absolute atomic E-state index is 0.173. The Morgan fingerprint density at radius 2 is 1.79 bits per heavy atom. The second-order valence-corrected chi connectivity index (χ2v) is 5.68. The maximum Gasteiger partial charge on any atom is 0.319 e. The zero-order valence-corrected chi connectivity index (χ0v) is 13.0. The van der Waals surface area contributed by atoms with E-state index in [0.29, 0.717) is 12.8 Å². The minimum Gasteiger partial charge on any atom is -0.468 e. The van der Waals surface area contributed by atoms with E-state index in [1.54, 1.807) is 0 Å². The number of methoxy groups -OCH3 is 1. The lowest BCUT2D eigenvalue weighted by molar-refractivity contribution is -0.155. The van der Waals surface area contributed by atoms with Crippen molar-refractivity contribution in [2.75, 3.05) is 20.7 Å². The van der Waals surface area contributed by atoms with Crippen molar-refractivity contribution in [1.29, 1.82) is 0 Å². The summed E-state index contributed by atoms with van der Waals surface area (Å²) in [6.45, 7) is 7.83. The Hall–Kier alpha value is -1.10. The molecule has 1 atom stereocenters. The third kappa shape index (κ3) is 8.59. The van der Waals surface area contributed by atoms with Crippen molar-refractivity contribution in [2.24, 2.45) is 0 Å². The highest BCUT2D eigenvalue weighted by atomic mass is 16.6. The molecule has 0 radical (unpaired) electrons. The maximum absolute atomic E-state index is 11.6. The molecule has 5 heteroatoms. The Morgan fingerprint density at radius 3 is 2.21 bits per heavy atom. The van der Waals surface area contributed by atoms with Gasteiger partial charge in [0.15, 0.2) is 0 Å². The first-order valence-electron chi connectivity index (χ1n) is 6.68. The summed E-state index contributed by atoms with van der Waals surface area (Å²) in [6, 6.07) is 0.173. The average molecular weight is 273 g/mol. The van der Waals surface area contributed by atoms with Gasteiger partial charge in [0.05, 0.1) is 13.7 Å². The molecule has 0 aromatic carbocycles. The van der Waals surface area contributed by atoms with Crippen LogP contribution in [0.3, 0.4) is 0 Å². The number of carbonyl (C=O) groups excluding carboxylic acids is 2. The van der Waals surface area contributed by atoms with Crippen LogP contribution in [0.1, 0.15) is 47.0 Å². The Balaban J connectivity index is 4.19. The van der Waals surface area contributed by atoms with Crippen molar-refractivity contribution in [3.63, 3.8) is 0 Å². The standard InChI is InChI=1S/C14H27NO4/c1-7-11(15(5)10-13(17)18-6)8-9-12(16)19-14(2,3)4/h11H,7-10H2,1-6H3/t11-/m1/s1. The third-order valence-electron chi connectivity index (χ3n) is 2.80. The Bertz CT molecular complexity index is 296. The summed E-state index contributed by atoms with van der Waals surface area (Å²) in [5.41, 5.74) is -0.448. The van der Waals surface area contributed by atoms with E-state index in [2.05, 4.69) is 4.74 Å². The van der Waals surface area contributed by atoms with Crippen LogP contribution < -0.4 is 0 Å². The lowest BCUT2D eigenvalue weighted by Gasteiger charge is -2.26. The van der Waals surface area contributed by atoms with Crippen molar-refractivity contribution in [3.05, 3.63) is 0 Å². The molecule has 0 saturated carbocycles. The first kappa shape index (κ1) is 17.9. The van der Waals surface area contributed by atoms with E-state index in [0.717, 1.165) is 6.42 Å². The molecule has 0 fully saturated rings. The monoisotopic (exact) mass is 273 g/mol. The number of hydrogen-bond donors (Lipinski definition) is 0. The average Bonchev–Trinajstić information content (AvgIpc) is 2.27. The fraction of sp³-hybridized carbons (Fsp3) is 0.857. The molecule has 0 bridgehead atoms. The Labute approximate surface area is 116 Å². The SMILES string of the molecule is CC[C@H](CCC(=O)OC(C)(C)C)N(C)CC(=O)OC. The van der Waals surface area contributed by atoms with Gasteiger partial charge in [0, 0.05) is 12.5 Å². The molecule has 0 aromatic heterocycles.